The maximum atomic E-state index is 11.8. The monoisotopic (exact) mass is 303 g/mol. The molecule has 1 fully saturated rings. The Morgan fingerprint density at radius 3 is 3.00 bits per heavy atom. The van der Waals surface area contributed by atoms with Gasteiger partial charge in [-0.2, -0.15) is 0 Å². The van der Waals surface area contributed by atoms with Crippen molar-refractivity contribution in [2.24, 2.45) is 0 Å². The standard InChI is InChI=1S/C10H14BrN3OS/c11-7-4-2-1-3-5-8(7)13-10(15)9-6-12-14-16-9/h6-8H,1-5H2,(H,13,15). The molecule has 1 aliphatic carbocycles. The first-order valence-corrected chi connectivity index (χ1v) is 7.18. The molecule has 0 radical (unpaired) electrons. The van der Waals surface area contributed by atoms with E-state index in [1.165, 1.54) is 25.5 Å². The highest BCUT2D eigenvalue weighted by Crippen LogP contribution is 2.24. The summed E-state index contributed by atoms with van der Waals surface area (Å²) in [4.78, 5) is 12.8. The van der Waals surface area contributed by atoms with Crippen LogP contribution in [0.4, 0.5) is 0 Å². The van der Waals surface area contributed by atoms with Crippen LogP contribution in [0.1, 0.15) is 41.8 Å². The minimum Gasteiger partial charge on any atom is -0.347 e. The van der Waals surface area contributed by atoms with Crippen molar-refractivity contribution in [3.05, 3.63) is 11.1 Å². The molecule has 6 heteroatoms. The molecule has 1 saturated carbocycles. The second kappa shape index (κ2) is 5.72. The average Bonchev–Trinajstić information content (AvgIpc) is 2.73. The third-order valence-corrected chi connectivity index (χ3v) is 4.59. The number of aromatic nitrogens is 2. The lowest BCUT2D eigenvalue weighted by atomic mass is 10.1. The maximum Gasteiger partial charge on any atom is 0.264 e. The first kappa shape index (κ1) is 12.0. The van der Waals surface area contributed by atoms with E-state index in [4.69, 9.17) is 0 Å². The number of rotatable bonds is 2. The molecule has 4 nitrogen and oxygen atoms in total. The van der Waals surface area contributed by atoms with E-state index in [2.05, 4.69) is 30.8 Å². The smallest absolute Gasteiger partial charge is 0.264 e. The van der Waals surface area contributed by atoms with Gasteiger partial charge in [-0.25, -0.2) is 0 Å². The Hall–Kier alpha value is -0.490. The number of carbonyl (C=O) groups is 1. The van der Waals surface area contributed by atoms with Gasteiger partial charge in [-0.05, 0) is 24.4 Å². The molecule has 2 atom stereocenters. The molecule has 1 aromatic heterocycles. The Labute approximate surface area is 107 Å². The summed E-state index contributed by atoms with van der Waals surface area (Å²) < 4.78 is 3.69. The first-order valence-electron chi connectivity index (χ1n) is 5.49. The quantitative estimate of drug-likeness (QED) is 0.674. The zero-order valence-electron chi connectivity index (χ0n) is 8.86. The van der Waals surface area contributed by atoms with Crippen LogP contribution in [-0.4, -0.2) is 26.4 Å². The van der Waals surface area contributed by atoms with Crippen LogP contribution in [0.3, 0.4) is 0 Å². The zero-order chi connectivity index (χ0) is 11.4. The summed E-state index contributed by atoms with van der Waals surface area (Å²) >= 11 is 4.79. The number of nitrogens with zero attached hydrogens (tertiary/aromatic N) is 2. The summed E-state index contributed by atoms with van der Waals surface area (Å²) in [6.07, 6.45) is 7.38. The van der Waals surface area contributed by atoms with E-state index >= 15 is 0 Å². The Morgan fingerprint density at radius 1 is 1.44 bits per heavy atom. The molecule has 0 bridgehead atoms. The second-order valence-electron chi connectivity index (χ2n) is 4.02. The summed E-state index contributed by atoms with van der Waals surface area (Å²) in [5.74, 6) is -0.0497. The molecule has 1 N–H and O–H groups in total. The van der Waals surface area contributed by atoms with E-state index in [0.717, 1.165) is 24.4 Å². The van der Waals surface area contributed by atoms with Crippen molar-refractivity contribution in [1.82, 2.24) is 14.9 Å². The highest BCUT2D eigenvalue weighted by atomic mass is 79.9. The summed E-state index contributed by atoms with van der Waals surface area (Å²) in [5, 5.41) is 6.73. The SMILES string of the molecule is O=C(NC1CCCCCC1Br)c1cnns1. The van der Waals surface area contributed by atoms with E-state index in [9.17, 15) is 4.79 Å². The minimum absolute atomic E-state index is 0.0497. The predicted molar refractivity (Wildman–Crippen MR) is 67.0 cm³/mol. The van der Waals surface area contributed by atoms with Gasteiger partial charge in [0.15, 0.2) is 0 Å². The molecular formula is C10H14BrN3OS. The van der Waals surface area contributed by atoms with Crippen LogP contribution in [0.15, 0.2) is 6.20 Å². The van der Waals surface area contributed by atoms with Gasteiger partial charge in [0.2, 0.25) is 0 Å². The van der Waals surface area contributed by atoms with Crippen molar-refractivity contribution in [3.8, 4) is 0 Å². The summed E-state index contributed by atoms with van der Waals surface area (Å²) in [5.41, 5.74) is 0. The number of hydrogen-bond donors (Lipinski definition) is 1. The Morgan fingerprint density at radius 2 is 2.25 bits per heavy atom. The van der Waals surface area contributed by atoms with E-state index in [1.54, 1.807) is 0 Å². The number of nitrogens with one attached hydrogen (secondary N) is 1. The van der Waals surface area contributed by atoms with Gasteiger partial charge in [0, 0.05) is 10.9 Å². The average molecular weight is 304 g/mol. The molecular weight excluding hydrogens is 290 g/mol. The van der Waals surface area contributed by atoms with Gasteiger partial charge in [0.05, 0.1) is 6.20 Å². The molecule has 2 unspecified atom stereocenters. The zero-order valence-corrected chi connectivity index (χ0v) is 11.3. The molecule has 0 aliphatic heterocycles. The fraction of sp³-hybridized carbons (Fsp3) is 0.700. The van der Waals surface area contributed by atoms with Crippen LogP contribution in [0.2, 0.25) is 0 Å². The third-order valence-electron chi connectivity index (χ3n) is 2.83. The largest absolute Gasteiger partial charge is 0.347 e. The van der Waals surface area contributed by atoms with Crippen molar-refractivity contribution < 1.29 is 4.79 Å². The van der Waals surface area contributed by atoms with Gasteiger partial charge in [-0.15, -0.1) is 5.10 Å². The van der Waals surface area contributed by atoms with Crippen LogP contribution in [0.25, 0.3) is 0 Å². The highest BCUT2D eigenvalue weighted by Gasteiger charge is 2.23. The van der Waals surface area contributed by atoms with Crippen molar-refractivity contribution in [1.29, 1.82) is 0 Å². The van der Waals surface area contributed by atoms with Gasteiger partial charge in [0.25, 0.3) is 5.91 Å². The van der Waals surface area contributed by atoms with Crippen LogP contribution in [0, 0.1) is 0 Å². The van der Waals surface area contributed by atoms with Crippen molar-refractivity contribution >= 4 is 33.4 Å². The van der Waals surface area contributed by atoms with Gasteiger partial charge in [-0.3, -0.25) is 4.79 Å². The number of hydrogen-bond acceptors (Lipinski definition) is 4. The fourth-order valence-electron chi connectivity index (χ4n) is 1.93. The van der Waals surface area contributed by atoms with Crippen molar-refractivity contribution in [2.75, 3.05) is 0 Å². The highest BCUT2D eigenvalue weighted by molar-refractivity contribution is 9.09. The molecule has 1 heterocycles. The first-order chi connectivity index (χ1) is 7.77. The lowest BCUT2D eigenvalue weighted by Crippen LogP contribution is -2.40. The van der Waals surface area contributed by atoms with Gasteiger partial charge in [0.1, 0.15) is 4.88 Å². The van der Waals surface area contributed by atoms with Gasteiger partial charge < -0.3 is 5.32 Å². The molecule has 0 aromatic carbocycles. The molecule has 1 amide bonds. The van der Waals surface area contributed by atoms with E-state index in [1.807, 2.05) is 0 Å². The Bertz CT molecular complexity index is 344. The van der Waals surface area contributed by atoms with E-state index < -0.39 is 0 Å². The molecule has 2 rings (SSSR count). The maximum absolute atomic E-state index is 11.8. The fourth-order valence-corrected chi connectivity index (χ4v) is 3.07. The number of alkyl halides is 1. The Kier molecular flexibility index (Phi) is 4.29. The minimum atomic E-state index is -0.0497. The number of halogens is 1. The molecule has 1 aliphatic rings. The Balaban J connectivity index is 1.95. The summed E-state index contributed by atoms with van der Waals surface area (Å²) in [6.45, 7) is 0. The van der Waals surface area contributed by atoms with Crippen LogP contribution in [-0.2, 0) is 0 Å². The van der Waals surface area contributed by atoms with E-state index in [0.29, 0.717) is 9.70 Å². The molecule has 88 valence electrons. The molecule has 0 spiro atoms. The third kappa shape index (κ3) is 3.01. The van der Waals surface area contributed by atoms with Crippen molar-refractivity contribution in [2.45, 2.75) is 43.0 Å². The number of carbonyl (C=O) groups excluding carboxylic acids is 1. The normalized spacial score (nSPS) is 26.1. The van der Waals surface area contributed by atoms with Crippen LogP contribution < -0.4 is 5.32 Å². The van der Waals surface area contributed by atoms with Crippen LogP contribution in [0.5, 0.6) is 0 Å². The lowest BCUT2D eigenvalue weighted by Gasteiger charge is -2.20. The summed E-state index contributed by atoms with van der Waals surface area (Å²) in [6, 6.07) is 0.233. The topological polar surface area (TPSA) is 54.9 Å². The predicted octanol–water partition coefficient (Wildman–Crippen LogP) is 2.36. The van der Waals surface area contributed by atoms with Crippen LogP contribution >= 0.6 is 27.5 Å². The molecule has 16 heavy (non-hydrogen) atoms. The van der Waals surface area contributed by atoms with E-state index in [-0.39, 0.29) is 11.9 Å². The van der Waals surface area contributed by atoms with Gasteiger partial charge in [-0.1, -0.05) is 39.7 Å². The molecule has 0 saturated heterocycles. The van der Waals surface area contributed by atoms with Gasteiger partial charge >= 0.3 is 0 Å². The summed E-state index contributed by atoms with van der Waals surface area (Å²) in [7, 11) is 0. The lowest BCUT2D eigenvalue weighted by molar-refractivity contribution is 0.0939. The van der Waals surface area contributed by atoms with Crippen molar-refractivity contribution in [3.63, 3.8) is 0 Å². The molecule has 1 aromatic rings. The number of amides is 1. The second-order valence-corrected chi connectivity index (χ2v) is 5.98.